The summed E-state index contributed by atoms with van der Waals surface area (Å²) < 4.78 is 10.3. The molecular formula is C10H10O3. The SMILES string of the molecule is C=CCc1cc2c(cc1O)OCO2. The van der Waals surface area contributed by atoms with E-state index in [4.69, 9.17) is 9.47 Å². The molecule has 0 saturated heterocycles. The summed E-state index contributed by atoms with van der Waals surface area (Å²) in [6.45, 7) is 3.84. The van der Waals surface area contributed by atoms with E-state index < -0.39 is 0 Å². The van der Waals surface area contributed by atoms with E-state index in [0.29, 0.717) is 17.9 Å². The minimum Gasteiger partial charge on any atom is -0.508 e. The van der Waals surface area contributed by atoms with Gasteiger partial charge in [0, 0.05) is 11.6 Å². The summed E-state index contributed by atoms with van der Waals surface area (Å²) in [5.41, 5.74) is 0.805. The zero-order valence-corrected chi connectivity index (χ0v) is 7.12. The Balaban J connectivity index is 2.42. The third-order valence-electron chi connectivity index (χ3n) is 1.94. The van der Waals surface area contributed by atoms with Crippen LogP contribution in [0.4, 0.5) is 0 Å². The van der Waals surface area contributed by atoms with Gasteiger partial charge in [0.1, 0.15) is 5.75 Å². The highest BCUT2D eigenvalue weighted by Crippen LogP contribution is 2.37. The summed E-state index contributed by atoms with van der Waals surface area (Å²) in [5, 5.41) is 9.52. The van der Waals surface area contributed by atoms with Crippen molar-refractivity contribution in [1.82, 2.24) is 0 Å². The fraction of sp³-hybridized carbons (Fsp3) is 0.200. The van der Waals surface area contributed by atoms with Gasteiger partial charge in [-0.3, -0.25) is 0 Å². The summed E-state index contributed by atoms with van der Waals surface area (Å²) >= 11 is 0. The van der Waals surface area contributed by atoms with Crippen LogP contribution in [-0.2, 0) is 6.42 Å². The second-order valence-corrected chi connectivity index (χ2v) is 2.83. The van der Waals surface area contributed by atoms with Gasteiger partial charge in [0.15, 0.2) is 11.5 Å². The van der Waals surface area contributed by atoms with Crippen LogP contribution in [0.25, 0.3) is 0 Å². The Hall–Kier alpha value is -1.64. The quantitative estimate of drug-likeness (QED) is 0.702. The van der Waals surface area contributed by atoms with E-state index in [2.05, 4.69) is 6.58 Å². The van der Waals surface area contributed by atoms with Crippen molar-refractivity contribution in [3.05, 3.63) is 30.4 Å². The van der Waals surface area contributed by atoms with Crippen molar-refractivity contribution >= 4 is 0 Å². The first-order valence-electron chi connectivity index (χ1n) is 4.03. The van der Waals surface area contributed by atoms with E-state index in [1.165, 1.54) is 0 Å². The van der Waals surface area contributed by atoms with Gasteiger partial charge in [-0.15, -0.1) is 6.58 Å². The second kappa shape index (κ2) is 3.01. The van der Waals surface area contributed by atoms with Crippen molar-refractivity contribution in [2.75, 3.05) is 6.79 Å². The van der Waals surface area contributed by atoms with Crippen LogP contribution in [0.3, 0.4) is 0 Å². The van der Waals surface area contributed by atoms with Gasteiger partial charge in [0.05, 0.1) is 0 Å². The number of phenols is 1. The number of hydrogen-bond acceptors (Lipinski definition) is 3. The number of aromatic hydroxyl groups is 1. The molecule has 13 heavy (non-hydrogen) atoms. The molecule has 0 atom stereocenters. The lowest BCUT2D eigenvalue weighted by Gasteiger charge is -2.02. The lowest BCUT2D eigenvalue weighted by Crippen LogP contribution is -1.92. The zero-order valence-electron chi connectivity index (χ0n) is 7.12. The average molecular weight is 178 g/mol. The molecule has 1 aromatic rings. The first-order chi connectivity index (χ1) is 6.31. The fourth-order valence-corrected chi connectivity index (χ4v) is 1.29. The molecule has 1 heterocycles. The average Bonchev–Trinajstić information content (AvgIpc) is 2.52. The molecule has 0 aliphatic carbocycles. The molecule has 1 N–H and O–H groups in total. The summed E-state index contributed by atoms with van der Waals surface area (Å²) in [6, 6.07) is 3.35. The summed E-state index contributed by atoms with van der Waals surface area (Å²) in [4.78, 5) is 0. The Labute approximate surface area is 76.2 Å². The number of ether oxygens (including phenoxy) is 2. The molecule has 2 rings (SSSR count). The normalized spacial score (nSPS) is 12.9. The number of benzene rings is 1. The van der Waals surface area contributed by atoms with Crippen molar-refractivity contribution in [2.45, 2.75) is 6.42 Å². The highest BCUT2D eigenvalue weighted by molar-refractivity contribution is 5.51. The molecule has 1 aromatic carbocycles. The smallest absolute Gasteiger partial charge is 0.231 e. The van der Waals surface area contributed by atoms with Crippen molar-refractivity contribution in [2.24, 2.45) is 0 Å². The first kappa shape index (κ1) is 7.98. The molecule has 0 amide bonds. The Morgan fingerprint density at radius 3 is 2.77 bits per heavy atom. The number of fused-ring (bicyclic) bond motifs is 1. The summed E-state index contributed by atoms with van der Waals surface area (Å²) in [7, 11) is 0. The van der Waals surface area contributed by atoms with Crippen molar-refractivity contribution in [1.29, 1.82) is 0 Å². The molecule has 0 aromatic heterocycles. The molecule has 0 bridgehead atoms. The highest BCUT2D eigenvalue weighted by Gasteiger charge is 2.15. The molecule has 0 radical (unpaired) electrons. The number of rotatable bonds is 2. The van der Waals surface area contributed by atoms with Crippen molar-refractivity contribution in [3.63, 3.8) is 0 Å². The second-order valence-electron chi connectivity index (χ2n) is 2.83. The minimum absolute atomic E-state index is 0.226. The van der Waals surface area contributed by atoms with E-state index in [1.54, 1.807) is 18.2 Å². The molecule has 68 valence electrons. The van der Waals surface area contributed by atoms with E-state index in [9.17, 15) is 5.11 Å². The maximum absolute atomic E-state index is 9.52. The molecule has 0 spiro atoms. The fourth-order valence-electron chi connectivity index (χ4n) is 1.29. The van der Waals surface area contributed by atoms with Crippen LogP contribution in [0.1, 0.15) is 5.56 Å². The topological polar surface area (TPSA) is 38.7 Å². The van der Waals surface area contributed by atoms with E-state index in [-0.39, 0.29) is 12.5 Å². The minimum atomic E-state index is 0.226. The van der Waals surface area contributed by atoms with E-state index >= 15 is 0 Å². The lowest BCUT2D eigenvalue weighted by molar-refractivity contribution is 0.174. The van der Waals surface area contributed by atoms with Crippen LogP contribution in [-0.4, -0.2) is 11.9 Å². The molecule has 3 heteroatoms. The first-order valence-corrected chi connectivity index (χ1v) is 4.03. The molecule has 3 nitrogen and oxygen atoms in total. The van der Waals surface area contributed by atoms with Gasteiger partial charge >= 0.3 is 0 Å². The zero-order chi connectivity index (χ0) is 9.26. The largest absolute Gasteiger partial charge is 0.508 e. The summed E-state index contributed by atoms with van der Waals surface area (Å²) in [6.07, 6.45) is 2.36. The Morgan fingerprint density at radius 1 is 1.38 bits per heavy atom. The van der Waals surface area contributed by atoms with Gasteiger partial charge in [-0.25, -0.2) is 0 Å². The van der Waals surface area contributed by atoms with Gasteiger partial charge in [0.2, 0.25) is 6.79 Å². The van der Waals surface area contributed by atoms with Crippen LogP contribution < -0.4 is 9.47 Å². The third kappa shape index (κ3) is 1.33. The molecular weight excluding hydrogens is 168 g/mol. The number of allylic oxidation sites excluding steroid dienone is 1. The molecule has 0 saturated carbocycles. The standard InChI is InChI=1S/C10H10O3/c1-2-3-7-4-9-10(5-8(7)11)13-6-12-9/h2,4-5,11H,1,3,6H2. The number of phenolic OH excluding ortho intramolecular Hbond substituents is 1. The van der Waals surface area contributed by atoms with Gasteiger partial charge in [-0.1, -0.05) is 6.08 Å². The van der Waals surface area contributed by atoms with Crippen LogP contribution in [0.2, 0.25) is 0 Å². The lowest BCUT2D eigenvalue weighted by atomic mass is 10.1. The van der Waals surface area contributed by atoms with E-state index in [0.717, 1.165) is 5.56 Å². The maximum atomic E-state index is 9.52. The predicted octanol–water partition coefficient (Wildman–Crippen LogP) is 1.85. The number of hydrogen-bond donors (Lipinski definition) is 1. The van der Waals surface area contributed by atoms with Crippen molar-refractivity contribution in [3.8, 4) is 17.2 Å². The predicted molar refractivity (Wildman–Crippen MR) is 48.1 cm³/mol. The van der Waals surface area contributed by atoms with E-state index in [1.807, 2.05) is 0 Å². The van der Waals surface area contributed by atoms with Gasteiger partial charge in [-0.2, -0.15) is 0 Å². The molecule has 1 aliphatic rings. The van der Waals surface area contributed by atoms with Crippen LogP contribution >= 0.6 is 0 Å². The van der Waals surface area contributed by atoms with Crippen LogP contribution in [0.5, 0.6) is 17.2 Å². The Morgan fingerprint density at radius 2 is 2.08 bits per heavy atom. The van der Waals surface area contributed by atoms with Crippen LogP contribution in [0, 0.1) is 0 Å². The summed E-state index contributed by atoms with van der Waals surface area (Å²) in [5.74, 6) is 1.52. The highest BCUT2D eigenvalue weighted by atomic mass is 16.7. The monoisotopic (exact) mass is 178 g/mol. The van der Waals surface area contributed by atoms with Gasteiger partial charge in [0.25, 0.3) is 0 Å². The maximum Gasteiger partial charge on any atom is 0.231 e. The Kier molecular flexibility index (Phi) is 1.85. The van der Waals surface area contributed by atoms with Gasteiger partial charge in [-0.05, 0) is 12.5 Å². The van der Waals surface area contributed by atoms with Gasteiger partial charge < -0.3 is 14.6 Å². The van der Waals surface area contributed by atoms with Crippen molar-refractivity contribution < 1.29 is 14.6 Å². The molecule has 0 unspecified atom stereocenters. The molecule has 0 fully saturated rings. The molecule has 1 aliphatic heterocycles. The third-order valence-corrected chi connectivity index (χ3v) is 1.94. The Bertz CT molecular complexity index is 344. The van der Waals surface area contributed by atoms with Crippen LogP contribution in [0.15, 0.2) is 24.8 Å².